The molecule has 0 fully saturated rings. The van der Waals surface area contributed by atoms with Crippen molar-refractivity contribution in [1.82, 2.24) is 14.6 Å². The van der Waals surface area contributed by atoms with Crippen molar-refractivity contribution in [2.45, 2.75) is 45.7 Å². The van der Waals surface area contributed by atoms with Crippen LogP contribution >= 0.6 is 11.5 Å². The number of halogens is 1. The van der Waals surface area contributed by atoms with Gasteiger partial charge < -0.3 is 21.7 Å². The number of rotatable bonds is 8. The van der Waals surface area contributed by atoms with Crippen molar-refractivity contribution in [3.63, 3.8) is 0 Å². The molecule has 0 radical (unpaired) electrons. The zero-order valence-corrected chi connectivity index (χ0v) is 21.5. The fourth-order valence-electron chi connectivity index (χ4n) is 3.78. The first kappa shape index (κ1) is 26.8. The van der Waals surface area contributed by atoms with Gasteiger partial charge in [0.05, 0.1) is 5.69 Å². The van der Waals surface area contributed by atoms with Crippen LogP contribution in [0, 0.1) is 12.7 Å². The van der Waals surface area contributed by atoms with Gasteiger partial charge in [0.1, 0.15) is 16.7 Å². The Balaban J connectivity index is 2.10. The van der Waals surface area contributed by atoms with Crippen molar-refractivity contribution in [2.24, 2.45) is 5.73 Å². The number of carbonyl (C=O) groups is 3. The van der Waals surface area contributed by atoms with Gasteiger partial charge in [0.25, 0.3) is 11.8 Å². The number of nitrogen functional groups attached to an aromatic ring is 1. The molecule has 10 heteroatoms. The topological polar surface area (TPSA) is 131 Å². The maximum atomic E-state index is 13.9. The predicted octanol–water partition coefficient (Wildman–Crippen LogP) is 3.61. The van der Waals surface area contributed by atoms with Crippen LogP contribution in [0.2, 0.25) is 0 Å². The molecule has 0 saturated carbocycles. The minimum absolute atomic E-state index is 0.00344. The van der Waals surface area contributed by atoms with E-state index in [9.17, 15) is 18.8 Å². The fourth-order valence-corrected chi connectivity index (χ4v) is 4.54. The quantitative estimate of drug-likeness (QED) is 0.425. The third kappa shape index (κ3) is 6.45. The molecule has 0 saturated heterocycles. The van der Waals surface area contributed by atoms with Crippen LogP contribution in [-0.2, 0) is 11.2 Å². The number of hydrogen-bond donors (Lipinski definition) is 3. The standard InChI is InChI=1S/C26H30FN5O3S/c1-15-6-5-7-16(14-15)12-13-32(25(35)22-19(28)20(23(29)33)31-36-22)21(24(34)30-26(2,3)4)17-8-10-18(27)11-9-17/h5-11,14,21H,12-13,28H2,1-4H3,(H2,29,33)(H,30,34)/t21-/m0/s1. The Hall–Kier alpha value is -3.79. The van der Waals surface area contributed by atoms with E-state index < -0.39 is 35.1 Å². The van der Waals surface area contributed by atoms with E-state index in [1.165, 1.54) is 29.2 Å². The van der Waals surface area contributed by atoms with Gasteiger partial charge in [-0.2, -0.15) is 4.37 Å². The van der Waals surface area contributed by atoms with Crippen LogP contribution in [0.5, 0.6) is 0 Å². The predicted molar refractivity (Wildman–Crippen MR) is 138 cm³/mol. The van der Waals surface area contributed by atoms with Crippen LogP contribution in [-0.4, -0.2) is 39.1 Å². The molecule has 0 unspecified atom stereocenters. The Morgan fingerprint density at radius 1 is 1.14 bits per heavy atom. The van der Waals surface area contributed by atoms with Gasteiger partial charge in [-0.3, -0.25) is 14.4 Å². The molecule has 1 heterocycles. The zero-order valence-electron chi connectivity index (χ0n) is 20.7. The van der Waals surface area contributed by atoms with Crippen LogP contribution < -0.4 is 16.8 Å². The fraction of sp³-hybridized carbons (Fsp3) is 0.308. The van der Waals surface area contributed by atoms with Crippen LogP contribution in [0.1, 0.15) is 63.7 Å². The number of anilines is 1. The molecule has 36 heavy (non-hydrogen) atoms. The third-order valence-electron chi connectivity index (χ3n) is 5.38. The highest BCUT2D eigenvalue weighted by molar-refractivity contribution is 7.09. The van der Waals surface area contributed by atoms with Gasteiger partial charge in [-0.15, -0.1) is 0 Å². The van der Waals surface area contributed by atoms with E-state index in [1.807, 2.05) is 52.0 Å². The summed E-state index contributed by atoms with van der Waals surface area (Å²) in [4.78, 5) is 40.5. The first-order valence-electron chi connectivity index (χ1n) is 11.4. The molecule has 1 aromatic heterocycles. The SMILES string of the molecule is Cc1cccc(CCN(C(=O)c2snc(C(N)=O)c2N)[C@H](C(=O)NC(C)(C)C)c2ccc(F)cc2)c1. The number of nitrogens with one attached hydrogen (secondary N) is 1. The molecule has 3 amide bonds. The lowest BCUT2D eigenvalue weighted by atomic mass is 10.00. The van der Waals surface area contributed by atoms with Crippen LogP contribution in [0.15, 0.2) is 48.5 Å². The monoisotopic (exact) mass is 511 g/mol. The van der Waals surface area contributed by atoms with Crippen molar-refractivity contribution < 1.29 is 18.8 Å². The molecule has 8 nitrogen and oxygen atoms in total. The number of aromatic nitrogens is 1. The van der Waals surface area contributed by atoms with E-state index in [2.05, 4.69) is 9.69 Å². The number of nitrogens with two attached hydrogens (primary N) is 2. The molecule has 5 N–H and O–H groups in total. The van der Waals surface area contributed by atoms with Gasteiger partial charge in [-0.1, -0.05) is 42.0 Å². The lowest BCUT2D eigenvalue weighted by Gasteiger charge is -2.33. The van der Waals surface area contributed by atoms with Crippen LogP contribution in [0.4, 0.5) is 10.1 Å². The zero-order chi connectivity index (χ0) is 26.6. The van der Waals surface area contributed by atoms with Crippen molar-refractivity contribution in [2.75, 3.05) is 12.3 Å². The lowest BCUT2D eigenvalue weighted by Crippen LogP contribution is -2.49. The first-order chi connectivity index (χ1) is 16.9. The Bertz CT molecular complexity index is 1270. The normalized spacial score (nSPS) is 12.1. The van der Waals surface area contributed by atoms with Gasteiger partial charge in [0.15, 0.2) is 5.69 Å². The Kier molecular flexibility index (Phi) is 8.09. The molecule has 3 aromatic rings. The number of amides is 3. The second-order valence-corrected chi connectivity index (χ2v) is 10.3. The summed E-state index contributed by atoms with van der Waals surface area (Å²) in [6.07, 6.45) is 0.440. The van der Waals surface area contributed by atoms with E-state index in [-0.39, 0.29) is 22.8 Å². The summed E-state index contributed by atoms with van der Waals surface area (Å²) in [5.41, 5.74) is 12.9. The summed E-state index contributed by atoms with van der Waals surface area (Å²) < 4.78 is 17.7. The summed E-state index contributed by atoms with van der Waals surface area (Å²) in [6, 6.07) is 12.1. The number of carbonyl (C=O) groups excluding carboxylic acids is 3. The molecule has 3 rings (SSSR count). The minimum Gasteiger partial charge on any atom is -0.395 e. The average Bonchev–Trinajstić information content (AvgIpc) is 3.17. The molecule has 0 aliphatic carbocycles. The van der Waals surface area contributed by atoms with E-state index in [4.69, 9.17) is 11.5 Å². The number of aryl methyl sites for hydroxylation is 1. The molecule has 1 atom stereocenters. The van der Waals surface area contributed by atoms with E-state index in [1.54, 1.807) is 0 Å². The second kappa shape index (κ2) is 10.9. The molecule has 0 bridgehead atoms. The summed E-state index contributed by atoms with van der Waals surface area (Å²) in [6.45, 7) is 7.59. The van der Waals surface area contributed by atoms with Gasteiger partial charge >= 0.3 is 0 Å². The van der Waals surface area contributed by atoms with E-state index >= 15 is 0 Å². The van der Waals surface area contributed by atoms with Crippen LogP contribution in [0.25, 0.3) is 0 Å². The molecule has 190 valence electrons. The maximum absolute atomic E-state index is 13.9. The minimum atomic E-state index is -1.10. The summed E-state index contributed by atoms with van der Waals surface area (Å²) >= 11 is 0.746. The highest BCUT2D eigenvalue weighted by Crippen LogP contribution is 2.30. The number of primary amides is 1. The van der Waals surface area contributed by atoms with Gasteiger partial charge in [-0.25, -0.2) is 4.39 Å². The Labute approximate surface area is 213 Å². The third-order valence-corrected chi connectivity index (χ3v) is 6.24. The number of benzene rings is 2. The van der Waals surface area contributed by atoms with Crippen molar-refractivity contribution in [1.29, 1.82) is 0 Å². The van der Waals surface area contributed by atoms with Crippen molar-refractivity contribution in [3.05, 3.63) is 81.6 Å². The summed E-state index contributed by atoms with van der Waals surface area (Å²) in [5.74, 6) is -2.34. The van der Waals surface area contributed by atoms with E-state index in [0.29, 0.717) is 12.0 Å². The maximum Gasteiger partial charge on any atom is 0.270 e. The van der Waals surface area contributed by atoms with Crippen LogP contribution in [0.3, 0.4) is 0 Å². The summed E-state index contributed by atoms with van der Waals surface area (Å²) in [7, 11) is 0. The molecule has 2 aromatic carbocycles. The average molecular weight is 512 g/mol. The summed E-state index contributed by atoms with van der Waals surface area (Å²) in [5, 5.41) is 2.92. The molecule has 0 spiro atoms. The second-order valence-electron chi connectivity index (χ2n) is 9.57. The Morgan fingerprint density at radius 3 is 2.36 bits per heavy atom. The lowest BCUT2D eigenvalue weighted by molar-refractivity contribution is -0.127. The largest absolute Gasteiger partial charge is 0.395 e. The number of nitrogens with zero attached hydrogens (tertiary/aromatic N) is 2. The molecular formula is C26H30FN5O3S. The van der Waals surface area contributed by atoms with Gasteiger partial charge in [0.2, 0.25) is 5.91 Å². The molecular weight excluding hydrogens is 481 g/mol. The first-order valence-corrected chi connectivity index (χ1v) is 12.1. The molecule has 0 aliphatic rings. The van der Waals surface area contributed by atoms with Gasteiger partial charge in [0, 0.05) is 12.1 Å². The number of hydrogen-bond acceptors (Lipinski definition) is 6. The molecule has 0 aliphatic heterocycles. The van der Waals surface area contributed by atoms with Gasteiger partial charge in [-0.05, 0) is 68.9 Å². The highest BCUT2D eigenvalue weighted by atomic mass is 32.1. The van der Waals surface area contributed by atoms with E-state index in [0.717, 1.165) is 22.7 Å². The smallest absolute Gasteiger partial charge is 0.270 e. The van der Waals surface area contributed by atoms with Crippen molar-refractivity contribution in [3.8, 4) is 0 Å². The van der Waals surface area contributed by atoms with Crippen molar-refractivity contribution >= 4 is 34.9 Å². The highest BCUT2D eigenvalue weighted by Gasteiger charge is 2.35. The Morgan fingerprint density at radius 2 is 1.81 bits per heavy atom.